The average molecular weight is 422 g/mol. The molecule has 0 amide bonds. The molecule has 0 spiro atoms. The molecule has 2 atom stereocenters. The van der Waals surface area contributed by atoms with Gasteiger partial charge in [-0.05, 0) is 13.3 Å². The Morgan fingerprint density at radius 3 is 2.21 bits per heavy atom. The summed E-state index contributed by atoms with van der Waals surface area (Å²) in [5, 5.41) is 0. The van der Waals surface area contributed by atoms with Crippen LogP contribution in [0.5, 0.6) is 0 Å². The number of halogens is 2. The molecule has 0 aromatic heterocycles. The van der Waals surface area contributed by atoms with Gasteiger partial charge in [-0.25, -0.2) is 0 Å². The molecule has 0 saturated carbocycles. The normalized spacial score (nSPS) is 15.1. The van der Waals surface area contributed by atoms with Gasteiger partial charge >= 0.3 is 0 Å². The fraction of sp³-hybridized carbons (Fsp3) is 0.909. The highest BCUT2D eigenvalue weighted by atomic mass is 127. The number of alkyl halides is 2. The van der Waals surface area contributed by atoms with Crippen LogP contribution in [-0.2, 0) is 4.79 Å². The molecule has 0 radical (unpaired) electrons. The number of hydrogen-bond donors (Lipinski definition) is 0. The highest BCUT2D eigenvalue weighted by molar-refractivity contribution is 14.1. The molecular weight excluding hydrogens is 402 g/mol. The van der Waals surface area contributed by atoms with Crippen molar-refractivity contribution in [1.82, 2.24) is 0 Å². The first-order valence-electron chi connectivity index (χ1n) is 5.41. The summed E-state index contributed by atoms with van der Waals surface area (Å²) in [5.41, 5.74) is 0. The lowest BCUT2D eigenvalue weighted by Crippen LogP contribution is -2.21. The maximum Gasteiger partial charge on any atom is 0.158 e. The zero-order chi connectivity index (χ0) is 11.0. The minimum absolute atomic E-state index is 0.171. The monoisotopic (exact) mass is 422 g/mol. The molecule has 0 saturated heterocycles. The zero-order valence-corrected chi connectivity index (χ0v) is 13.4. The lowest BCUT2D eigenvalue weighted by molar-refractivity contribution is -0.117. The largest absolute Gasteiger partial charge is 0.297 e. The minimum atomic E-state index is 0.171. The smallest absolute Gasteiger partial charge is 0.158 e. The van der Waals surface area contributed by atoms with Crippen LogP contribution in [0.2, 0.25) is 0 Å². The van der Waals surface area contributed by atoms with Gasteiger partial charge in [0.05, 0.1) is 7.85 Å². The molecule has 0 N–H and O–H groups in total. The van der Waals surface area contributed by atoms with Crippen molar-refractivity contribution in [1.29, 1.82) is 0 Å². The van der Waals surface area contributed by atoms with E-state index in [4.69, 9.17) is 0 Å². The van der Waals surface area contributed by atoms with E-state index in [0.29, 0.717) is 5.78 Å². The number of hydrogen-bond acceptors (Lipinski definition) is 1. The predicted molar refractivity (Wildman–Crippen MR) is 79.7 cm³/mol. The second-order valence-corrected chi connectivity index (χ2v) is 7.06. The third-order valence-electron chi connectivity index (χ3n) is 2.26. The van der Waals surface area contributed by atoms with Gasteiger partial charge in [-0.3, -0.25) is 4.79 Å². The number of rotatable bonds is 8. The van der Waals surface area contributed by atoms with Crippen molar-refractivity contribution in [2.45, 2.75) is 60.2 Å². The van der Waals surface area contributed by atoms with Crippen molar-refractivity contribution in [2.75, 3.05) is 0 Å². The highest BCUT2D eigenvalue weighted by Crippen LogP contribution is 2.17. The zero-order valence-electron chi connectivity index (χ0n) is 9.06. The van der Waals surface area contributed by atoms with Gasteiger partial charge in [-0.2, -0.15) is 0 Å². The van der Waals surface area contributed by atoms with Gasteiger partial charge in [0.25, 0.3) is 0 Å². The van der Waals surface area contributed by atoms with Crippen LogP contribution in [0.25, 0.3) is 0 Å². The molecule has 0 aliphatic carbocycles. The fourth-order valence-electron chi connectivity index (χ4n) is 1.32. The van der Waals surface area contributed by atoms with Crippen LogP contribution in [0, 0.1) is 0 Å². The molecule has 2 unspecified atom stereocenters. The Morgan fingerprint density at radius 2 is 1.71 bits per heavy atom. The van der Waals surface area contributed by atoms with Crippen LogP contribution in [0.3, 0.4) is 0 Å². The van der Waals surface area contributed by atoms with E-state index in [1.807, 2.05) is 6.92 Å². The third-order valence-corrected chi connectivity index (χ3v) is 4.11. The predicted octanol–water partition coefficient (Wildman–Crippen LogP) is 4.54. The summed E-state index contributed by atoms with van der Waals surface area (Å²) in [4.78, 5) is 11.5. The van der Waals surface area contributed by atoms with Crippen LogP contribution in [0.1, 0.15) is 52.4 Å². The molecule has 1 nitrogen and oxygen atoms in total. The molecule has 0 aromatic carbocycles. The maximum atomic E-state index is 11.5. The van der Waals surface area contributed by atoms with Gasteiger partial charge in [0, 0.05) is 0 Å². The fourth-order valence-corrected chi connectivity index (χ4v) is 3.42. The van der Waals surface area contributed by atoms with Gasteiger partial charge in [-0.1, -0.05) is 84.2 Å². The van der Waals surface area contributed by atoms with Crippen molar-refractivity contribution in [3.05, 3.63) is 0 Å². The number of unbranched alkanes of at least 4 members (excludes halogenated alkanes) is 4. The van der Waals surface area contributed by atoms with Crippen LogP contribution in [0.4, 0.5) is 0 Å². The summed E-state index contributed by atoms with van der Waals surface area (Å²) >= 11 is 4.49. The van der Waals surface area contributed by atoms with Crippen LogP contribution < -0.4 is 0 Å². The molecular formula is C11H20I2O. The first-order valence-corrected chi connectivity index (χ1v) is 7.90. The Morgan fingerprint density at radius 1 is 1.14 bits per heavy atom. The second kappa shape index (κ2) is 9.36. The van der Waals surface area contributed by atoms with E-state index in [-0.39, 0.29) is 7.85 Å². The van der Waals surface area contributed by atoms with Crippen LogP contribution >= 0.6 is 45.2 Å². The Labute approximate surface area is 115 Å². The van der Waals surface area contributed by atoms with Crippen molar-refractivity contribution < 1.29 is 4.79 Å². The van der Waals surface area contributed by atoms with Gasteiger partial charge in [0.2, 0.25) is 0 Å². The van der Waals surface area contributed by atoms with Gasteiger partial charge in [-0.15, -0.1) is 0 Å². The molecule has 0 bridgehead atoms. The topological polar surface area (TPSA) is 17.1 Å². The van der Waals surface area contributed by atoms with Gasteiger partial charge in [0.15, 0.2) is 5.78 Å². The van der Waals surface area contributed by atoms with Gasteiger partial charge in [0.1, 0.15) is 0 Å². The SMILES string of the molecule is CCCCCCCC(I)C(=O)C(C)I. The molecule has 0 aromatic rings. The molecule has 0 aliphatic rings. The highest BCUT2D eigenvalue weighted by Gasteiger charge is 2.18. The number of carbonyl (C=O) groups is 1. The van der Waals surface area contributed by atoms with Crippen LogP contribution in [-0.4, -0.2) is 13.6 Å². The lowest BCUT2D eigenvalue weighted by atomic mass is 10.1. The van der Waals surface area contributed by atoms with E-state index in [1.54, 1.807) is 0 Å². The quantitative estimate of drug-likeness (QED) is 0.319. The number of ketones is 1. The molecule has 3 heteroatoms. The Balaban J connectivity index is 3.44. The summed E-state index contributed by atoms with van der Waals surface area (Å²) in [7, 11) is 0. The summed E-state index contributed by atoms with van der Waals surface area (Å²) < 4.78 is 0.409. The van der Waals surface area contributed by atoms with Crippen molar-refractivity contribution in [3.8, 4) is 0 Å². The molecule has 0 aliphatic heterocycles. The summed E-state index contributed by atoms with van der Waals surface area (Å²) in [6.07, 6.45) is 7.52. The Hall–Kier alpha value is 1.13. The first-order chi connectivity index (χ1) is 6.59. The van der Waals surface area contributed by atoms with Crippen molar-refractivity contribution >= 4 is 51.0 Å². The van der Waals surface area contributed by atoms with E-state index >= 15 is 0 Å². The average Bonchev–Trinajstić information content (AvgIpc) is 2.16. The van der Waals surface area contributed by atoms with E-state index in [1.165, 1.54) is 32.1 Å². The maximum absolute atomic E-state index is 11.5. The molecule has 0 fully saturated rings. The lowest BCUT2D eigenvalue weighted by Gasteiger charge is -2.09. The number of carbonyl (C=O) groups excluding carboxylic acids is 1. The van der Waals surface area contributed by atoms with E-state index < -0.39 is 0 Å². The minimum Gasteiger partial charge on any atom is -0.297 e. The third kappa shape index (κ3) is 7.43. The van der Waals surface area contributed by atoms with Gasteiger partial charge < -0.3 is 0 Å². The van der Waals surface area contributed by atoms with Crippen molar-refractivity contribution in [3.63, 3.8) is 0 Å². The van der Waals surface area contributed by atoms with Crippen molar-refractivity contribution in [2.24, 2.45) is 0 Å². The summed E-state index contributed by atoms with van der Waals surface area (Å²) in [6.45, 7) is 4.20. The van der Waals surface area contributed by atoms with E-state index in [2.05, 4.69) is 52.1 Å². The summed E-state index contributed by atoms with van der Waals surface area (Å²) in [6, 6.07) is 0. The second-order valence-electron chi connectivity index (χ2n) is 3.69. The summed E-state index contributed by atoms with van der Waals surface area (Å²) in [5.74, 6) is 0.404. The Kier molecular flexibility index (Phi) is 10.1. The van der Waals surface area contributed by atoms with Crippen LogP contribution in [0.15, 0.2) is 0 Å². The standard InChI is InChI=1S/C11H20I2O/c1-3-4-5-6-7-8-10(13)11(14)9(2)12/h9-10H,3-8H2,1-2H3. The van der Waals surface area contributed by atoms with E-state index in [0.717, 1.165) is 6.42 Å². The molecule has 84 valence electrons. The number of Topliss-reactive ketones (excluding diaryl/α,β-unsaturated/α-hetero) is 1. The van der Waals surface area contributed by atoms with E-state index in [9.17, 15) is 4.79 Å². The Bertz CT molecular complexity index is 157. The molecule has 14 heavy (non-hydrogen) atoms. The molecule has 0 rings (SSSR count). The first kappa shape index (κ1) is 15.1. The molecule has 0 heterocycles.